The summed E-state index contributed by atoms with van der Waals surface area (Å²) in [5.74, 6) is -1.11. The summed E-state index contributed by atoms with van der Waals surface area (Å²) in [6.07, 6.45) is 4.73. The highest BCUT2D eigenvalue weighted by Crippen LogP contribution is 2.23. The Morgan fingerprint density at radius 1 is 0.882 bits per heavy atom. The molecule has 2 aliphatic rings. The fourth-order valence-corrected chi connectivity index (χ4v) is 6.45. The fourth-order valence-electron chi connectivity index (χ4n) is 4.87. The molecule has 8 heteroatoms. The van der Waals surface area contributed by atoms with Crippen LogP contribution in [0, 0.1) is 11.7 Å². The molecule has 0 bridgehead atoms. The third-order valence-electron chi connectivity index (χ3n) is 6.93. The van der Waals surface area contributed by atoms with Crippen LogP contribution in [-0.4, -0.2) is 49.7 Å². The van der Waals surface area contributed by atoms with Gasteiger partial charge in [-0.15, -0.1) is 0 Å². The first kappa shape index (κ1) is 24.8. The molecule has 6 nitrogen and oxygen atoms in total. The van der Waals surface area contributed by atoms with Gasteiger partial charge in [-0.3, -0.25) is 9.69 Å². The molecule has 0 saturated carbocycles. The molecule has 2 saturated heterocycles. The van der Waals surface area contributed by atoms with E-state index in [1.54, 1.807) is 12.1 Å². The van der Waals surface area contributed by atoms with Gasteiger partial charge in [0.2, 0.25) is 15.9 Å². The number of nitrogens with zero attached hydrogens (tertiary/aromatic N) is 2. The molecule has 1 amide bonds. The van der Waals surface area contributed by atoms with Crippen molar-refractivity contribution in [2.75, 3.05) is 26.2 Å². The van der Waals surface area contributed by atoms with Crippen molar-refractivity contribution in [2.24, 2.45) is 5.92 Å². The second kappa shape index (κ2) is 11.4. The van der Waals surface area contributed by atoms with Gasteiger partial charge in [0.05, 0.1) is 5.75 Å². The van der Waals surface area contributed by atoms with E-state index in [0.29, 0.717) is 19.4 Å². The Bertz CT molecular complexity index is 1080. The largest absolute Gasteiger partial charge is 0.352 e. The fraction of sp³-hybridized carbons (Fsp3) is 0.500. The Morgan fingerprint density at radius 2 is 1.50 bits per heavy atom. The number of piperidine rings is 2. The predicted molar refractivity (Wildman–Crippen MR) is 131 cm³/mol. The van der Waals surface area contributed by atoms with Crippen LogP contribution in [0.15, 0.2) is 48.5 Å². The van der Waals surface area contributed by atoms with Crippen LogP contribution in [0.1, 0.15) is 48.8 Å². The molecule has 2 aliphatic heterocycles. The average molecular weight is 488 g/mol. The van der Waals surface area contributed by atoms with Crippen LogP contribution < -0.4 is 5.32 Å². The van der Waals surface area contributed by atoms with Crippen molar-refractivity contribution in [1.82, 2.24) is 14.5 Å². The molecule has 0 spiro atoms. The van der Waals surface area contributed by atoms with E-state index < -0.39 is 15.8 Å². The minimum atomic E-state index is -3.63. The monoisotopic (exact) mass is 487 g/mol. The van der Waals surface area contributed by atoms with E-state index in [-0.39, 0.29) is 36.2 Å². The lowest BCUT2D eigenvalue weighted by Crippen LogP contribution is -2.43. The van der Waals surface area contributed by atoms with Crippen LogP contribution >= 0.6 is 0 Å². The van der Waals surface area contributed by atoms with Gasteiger partial charge in [-0.25, -0.2) is 17.1 Å². The minimum absolute atomic E-state index is 0.0288. The van der Waals surface area contributed by atoms with Crippen LogP contribution in [0.5, 0.6) is 0 Å². The molecular formula is C26H34FN3O3S. The summed E-state index contributed by atoms with van der Waals surface area (Å²) in [6.45, 7) is 4.19. The predicted octanol–water partition coefficient (Wildman–Crippen LogP) is 3.67. The quantitative estimate of drug-likeness (QED) is 0.617. The molecule has 1 N–H and O–H groups in total. The zero-order chi connectivity index (χ0) is 24.0. The number of halogens is 1. The normalized spacial score (nSPS) is 18.6. The molecule has 2 fully saturated rings. The first-order valence-corrected chi connectivity index (χ1v) is 13.8. The molecule has 2 aromatic rings. The van der Waals surface area contributed by atoms with E-state index in [2.05, 4.69) is 22.3 Å². The molecule has 0 unspecified atom stereocenters. The summed E-state index contributed by atoms with van der Waals surface area (Å²) in [5.41, 5.74) is 2.55. The molecule has 0 aromatic heterocycles. The smallest absolute Gasteiger partial charge is 0.223 e. The second-order valence-electron chi connectivity index (χ2n) is 9.34. The van der Waals surface area contributed by atoms with E-state index in [0.717, 1.165) is 25.2 Å². The number of likely N-dealkylation sites (tertiary alicyclic amines) is 1. The number of carbonyl (C=O) groups is 1. The summed E-state index contributed by atoms with van der Waals surface area (Å²) >= 11 is 0. The van der Waals surface area contributed by atoms with Gasteiger partial charge in [0, 0.05) is 37.7 Å². The van der Waals surface area contributed by atoms with E-state index in [9.17, 15) is 17.6 Å². The lowest BCUT2D eigenvalue weighted by molar-refractivity contribution is -0.126. The van der Waals surface area contributed by atoms with Gasteiger partial charge in [0.15, 0.2) is 0 Å². The van der Waals surface area contributed by atoms with E-state index in [4.69, 9.17) is 0 Å². The van der Waals surface area contributed by atoms with Crippen molar-refractivity contribution >= 4 is 15.9 Å². The topological polar surface area (TPSA) is 69.7 Å². The van der Waals surface area contributed by atoms with Gasteiger partial charge in [0.25, 0.3) is 0 Å². The number of carbonyl (C=O) groups excluding carboxylic acids is 1. The number of amides is 1. The Labute approximate surface area is 202 Å². The minimum Gasteiger partial charge on any atom is -0.352 e. The molecule has 0 aliphatic carbocycles. The first-order valence-electron chi connectivity index (χ1n) is 12.2. The Kier molecular flexibility index (Phi) is 8.34. The van der Waals surface area contributed by atoms with Gasteiger partial charge in [-0.1, -0.05) is 48.9 Å². The Hall–Kier alpha value is -2.29. The average Bonchev–Trinajstić information content (AvgIpc) is 2.85. The van der Waals surface area contributed by atoms with Gasteiger partial charge in [-0.2, -0.15) is 0 Å². The van der Waals surface area contributed by atoms with Crippen molar-refractivity contribution in [1.29, 1.82) is 0 Å². The molecule has 0 radical (unpaired) electrons. The van der Waals surface area contributed by atoms with Gasteiger partial charge < -0.3 is 5.32 Å². The third-order valence-corrected chi connectivity index (χ3v) is 8.76. The highest BCUT2D eigenvalue weighted by Gasteiger charge is 2.31. The van der Waals surface area contributed by atoms with Crippen molar-refractivity contribution in [3.63, 3.8) is 0 Å². The molecule has 4 rings (SSSR count). The number of rotatable bonds is 8. The molecule has 2 heterocycles. The molecular weight excluding hydrogens is 453 g/mol. The number of hydrogen-bond acceptors (Lipinski definition) is 4. The van der Waals surface area contributed by atoms with E-state index in [1.165, 1.54) is 41.3 Å². The summed E-state index contributed by atoms with van der Waals surface area (Å²) in [6, 6.07) is 14.2. The van der Waals surface area contributed by atoms with Crippen molar-refractivity contribution in [3.05, 3.63) is 71.0 Å². The molecule has 34 heavy (non-hydrogen) atoms. The van der Waals surface area contributed by atoms with E-state index >= 15 is 0 Å². The van der Waals surface area contributed by atoms with Gasteiger partial charge in [0.1, 0.15) is 5.82 Å². The van der Waals surface area contributed by atoms with Crippen LogP contribution in [0.4, 0.5) is 4.39 Å². The number of hydrogen-bond donors (Lipinski definition) is 1. The number of sulfonamides is 1. The highest BCUT2D eigenvalue weighted by atomic mass is 32.2. The van der Waals surface area contributed by atoms with Gasteiger partial charge >= 0.3 is 0 Å². The lowest BCUT2D eigenvalue weighted by Gasteiger charge is -2.31. The van der Waals surface area contributed by atoms with Crippen molar-refractivity contribution in [2.45, 2.75) is 50.9 Å². The van der Waals surface area contributed by atoms with Crippen LogP contribution in [-0.2, 0) is 33.7 Å². The van der Waals surface area contributed by atoms with Gasteiger partial charge in [-0.05, 0) is 56.0 Å². The van der Waals surface area contributed by atoms with E-state index in [1.807, 2.05) is 12.1 Å². The molecule has 2 aromatic carbocycles. The molecule has 0 atom stereocenters. The van der Waals surface area contributed by atoms with Crippen LogP contribution in [0.25, 0.3) is 0 Å². The maximum absolute atomic E-state index is 13.9. The Balaban J connectivity index is 1.28. The third kappa shape index (κ3) is 6.43. The van der Waals surface area contributed by atoms with Crippen molar-refractivity contribution < 1.29 is 17.6 Å². The van der Waals surface area contributed by atoms with Crippen molar-refractivity contribution in [3.8, 4) is 0 Å². The maximum Gasteiger partial charge on any atom is 0.223 e. The first-order chi connectivity index (χ1) is 16.4. The summed E-state index contributed by atoms with van der Waals surface area (Å²) in [4.78, 5) is 15.3. The highest BCUT2D eigenvalue weighted by molar-refractivity contribution is 7.88. The Morgan fingerprint density at radius 3 is 2.18 bits per heavy atom. The molecule has 184 valence electrons. The van der Waals surface area contributed by atoms with Crippen LogP contribution in [0.3, 0.4) is 0 Å². The second-order valence-corrected chi connectivity index (χ2v) is 11.3. The summed E-state index contributed by atoms with van der Waals surface area (Å²) < 4.78 is 40.8. The number of benzene rings is 2. The summed E-state index contributed by atoms with van der Waals surface area (Å²) in [5, 5.41) is 3.07. The zero-order valence-corrected chi connectivity index (χ0v) is 20.4. The summed E-state index contributed by atoms with van der Waals surface area (Å²) in [7, 11) is -3.63. The SMILES string of the molecule is O=C(NCc1ccccc1CN1CCCCC1)C1CCN(S(=O)(=O)Cc2ccccc2F)CC1. The zero-order valence-electron chi connectivity index (χ0n) is 19.6. The lowest BCUT2D eigenvalue weighted by atomic mass is 9.97. The number of nitrogens with one attached hydrogen (secondary N) is 1. The van der Waals surface area contributed by atoms with Crippen LogP contribution in [0.2, 0.25) is 0 Å². The standard InChI is InChI=1S/C26H34FN3O3S/c27-25-11-5-4-10-24(25)20-34(32,33)30-16-12-21(13-17-30)26(31)28-18-22-8-2-3-9-23(22)19-29-14-6-1-7-15-29/h2-5,8-11,21H,1,6-7,12-20H2,(H,28,31). The maximum atomic E-state index is 13.9.